The standard InChI is InChI=1S/C15H21N3O/c1-11(16)9-10-13-17-14(18-19-13)15(2,3)12-7-5-4-6-8-12/h4-8,11H,9-10,16H2,1-3H3. The van der Waals surface area contributed by atoms with E-state index in [1.165, 1.54) is 5.56 Å². The highest BCUT2D eigenvalue weighted by atomic mass is 16.5. The zero-order valence-electron chi connectivity index (χ0n) is 11.8. The highest BCUT2D eigenvalue weighted by Crippen LogP contribution is 2.29. The Balaban J connectivity index is 2.17. The van der Waals surface area contributed by atoms with Crippen LogP contribution in [0.25, 0.3) is 0 Å². The lowest BCUT2D eigenvalue weighted by Crippen LogP contribution is -2.20. The first-order valence-corrected chi connectivity index (χ1v) is 6.64. The summed E-state index contributed by atoms with van der Waals surface area (Å²) in [6.45, 7) is 6.18. The van der Waals surface area contributed by atoms with Gasteiger partial charge in [-0.15, -0.1) is 0 Å². The van der Waals surface area contributed by atoms with Gasteiger partial charge in [-0.05, 0) is 32.8 Å². The van der Waals surface area contributed by atoms with Crippen molar-refractivity contribution in [3.63, 3.8) is 0 Å². The van der Waals surface area contributed by atoms with Crippen LogP contribution in [0.3, 0.4) is 0 Å². The molecular formula is C15H21N3O. The fourth-order valence-corrected chi connectivity index (χ4v) is 1.95. The van der Waals surface area contributed by atoms with Crippen molar-refractivity contribution in [1.29, 1.82) is 0 Å². The van der Waals surface area contributed by atoms with Gasteiger partial charge in [-0.1, -0.05) is 35.5 Å². The minimum absolute atomic E-state index is 0.150. The molecule has 0 fully saturated rings. The van der Waals surface area contributed by atoms with E-state index in [0.29, 0.717) is 5.89 Å². The molecule has 1 atom stereocenters. The summed E-state index contributed by atoms with van der Waals surface area (Å²) in [6, 6.07) is 10.4. The third kappa shape index (κ3) is 3.20. The Hall–Kier alpha value is -1.68. The molecule has 1 heterocycles. The Morgan fingerprint density at radius 3 is 2.58 bits per heavy atom. The van der Waals surface area contributed by atoms with E-state index in [2.05, 4.69) is 36.1 Å². The number of aromatic nitrogens is 2. The fourth-order valence-electron chi connectivity index (χ4n) is 1.95. The van der Waals surface area contributed by atoms with Gasteiger partial charge in [0.25, 0.3) is 0 Å². The first-order valence-electron chi connectivity index (χ1n) is 6.64. The maximum absolute atomic E-state index is 5.73. The highest BCUT2D eigenvalue weighted by molar-refractivity contribution is 5.30. The molecular weight excluding hydrogens is 238 g/mol. The fraction of sp³-hybridized carbons (Fsp3) is 0.467. The van der Waals surface area contributed by atoms with E-state index in [1.807, 2.05) is 25.1 Å². The van der Waals surface area contributed by atoms with E-state index in [0.717, 1.165) is 18.7 Å². The SMILES string of the molecule is CC(N)CCc1nc(C(C)(C)c2ccccc2)no1. The lowest BCUT2D eigenvalue weighted by Gasteiger charge is -2.20. The van der Waals surface area contributed by atoms with Crippen LogP contribution in [0.15, 0.2) is 34.9 Å². The minimum Gasteiger partial charge on any atom is -0.339 e. The lowest BCUT2D eigenvalue weighted by molar-refractivity contribution is 0.361. The summed E-state index contributed by atoms with van der Waals surface area (Å²) in [5, 5.41) is 4.12. The van der Waals surface area contributed by atoms with Crippen molar-refractivity contribution in [2.75, 3.05) is 0 Å². The molecule has 4 heteroatoms. The minimum atomic E-state index is -0.253. The van der Waals surface area contributed by atoms with Crippen molar-refractivity contribution in [2.45, 2.75) is 45.1 Å². The lowest BCUT2D eigenvalue weighted by atomic mass is 9.84. The van der Waals surface area contributed by atoms with Crippen LogP contribution in [0.5, 0.6) is 0 Å². The van der Waals surface area contributed by atoms with Gasteiger partial charge in [-0.3, -0.25) is 0 Å². The second-order valence-electron chi connectivity index (χ2n) is 5.52. The molecule has 0 radical (unpaired) electrons. The molecule has 2 N–H and O–H groups in total. The van der Waals surface area contributed by atoms with Crippen molar-refractivity contribution >= 4 is 0 Å². The van der Waals surface area contributed by atoms with E-state index in [1.54, 1.807) is 0 Å². The van der Waals surface area contributed by atoms with E-state index >= 15 is 0 Å². The third-order valence-corrected chi connectivity index (χ3v) is 3.34. The summed E-state index contributed by atoms with van der Waals surface area (Å²) < 4.78 is 5.31. The molecule has 0 amide bonds. The molecule has 1 unspecified atom stereocenters. The average molecular weight is 259 g/mol. The van der Waals surface area contributed by atoms with E-state index < -0.39 is 0 Å². The summed E-state index contributed by atoms with van der Waals surface area (Å²) in [7, 11) is 0. The topological polar surface area (TPSA) is 64.9 Å². The summed E-state index contributed by atoms with van der Waals surface area (Å²) in [6.07, 6.45) is 1.59. The molecule has 1 aromatic heterocycles. The monoisotopic (exact) mass is 259 g/mol. The van der Waals surface area contributed by atoms with Crippen LogP contribution < -0.4 is 5.73 Å². The number of hydrogen-bond acceptors (Lipinski definition) is 4. The molecule has 0 saturated heterocycles. The zero-order valence-corrected chi connectivity index (χ0v) is 11.8. The van der Waals surface area contributed by atoms with Gasteiger partial charge in [0.2, 0.25) is 5.89 Å². The number of rotatable bonds is 5. The Labute approximate surface area is 114 Å². The van der Waals surface area contributed by atoms with Crippen molar-refractivity contribution in [1.82, 2.24) is 10.1 Å². The second kappa shape index (κ2) is 5.53. The Kier molecular flexibility index (Phi) is 4.00. The average Bonchev–Trinajstić information content (AvgIpc) is 2.87. The van der Waals surface area contributed by atoms with Crippen LogP contribution in [0.1, 0.15) is 44.5 Å². The van der Waals surface area contributed by atoms with Crippen molar-refractivity contribution < 1.29 is 4.52 Å². The van der Waals surface area contributed by atoms with Crippen molar-refractivity contribution in [2.24, 2.45) is 5.73 Å². The van der Waals surface area contributed by atoms with Gasteiger partial charge < -0.3 is 10.3 Å². The van der Waals surface area contributed by atoms with E-state index in [9.17, 15) is 0 Å². The Morgan fingerprint density at radius 1 is 1.26 bits per heavy atom. The smallest absolute Gasteiger partial charge is 0.226 e. The van der Waals surface area contributed by atoms with Crippen LogP contribution in [0.2, 0.25) is 0 Å². The quantitative estimate of drug-likeness (QED) is 0.896. The first kappa shape index (κ1) is 13.7. The van der Waals surface area contributed by atoms with E-state index in [4.69, 9.17) is 10.3 Å². The molecule has 19 heavy (non-hydrogen) atoms. The molecule has 2 aromatic rings. The van der Waals surface area contributed by atoms with Gasteiger partial charge in [0.1, 0.15) is 0 Å². The Bertz CT molecular complexity index is 517. The van der Waals surface area contributed by atoms with Gasteiger partial charge in [0.05, 0.1) is 5.41 Å². The predicted molar refractivity (Wildman–Crippen MR) is 74.8 cm³/mol. The van der Waals surface area contributed by atoms with Gasteiger partial charge in [0.15, 0.2) is 5.82 Å². The normalized spacial score (nSPS) is 13.5. The summed E-state index contributed by atoms with van der Waals surface area (Å²) in [5.74, 6) is 1.38. The molecule has 1 aromatic carbocycles. The number of aryl methyl sites for hydroxylation is 1. The van der Waals surface area contributed by atoms with Gasteiger partial charge >= 0.3 is 0 Å². The summed E-state index contributed by atoms with van der Waals surface area (Å²) in [4.78, 5) is 4.50. The van der Waals surface area contributed by atoms with Crippen LogP contribution in [-0.4, -0.2) is 16.2 Å². The molecule has 2 rings (SSSR count). The molecule has 0 aliphatic rings. The van der Waals surface area contributed by atoms with Crippen LogP contribution >= 0.6 is 0 Å². The third-order valence-electron chi connectivity index (χ3n) is 3.34. The van der Waals surface area contributed by atoms with Crippen molar-refractivity contribution in [3.8, 4) is 0 Å². The number of nitrogens with zero attached hydrogens (tertiary/aromatic N) is 2. The Morgan fingerprint density at radius 2 is 1.95 bits per heavy atom. The van der Waals surface area contributed by atoms with E-state index in [-0.39, 0.29) is 11.5 Å². The number of benzene rings is 1. The second-order valence-corrected chi connectivity index (χ2v) is 5.52. The molecule has 0 bridgehead atoms. The molecule has 102 valence electrons. The molecule has 0 aliphatic carbocycles. The maximum atomic E-state index is 5.73. The largest absolute Gasteiger partial charge is 0.339 e. The van der Waals surface area contributed by atoms with Gasteiger partial charge in [0, 0.05) is 12.5 Å². The molecule has 0 aliphatic heterocycles. The zero-order chi connectivity index (χ0) is 13.9. The number of hydrogen-bond donors (Lipinski definition) is 1. The van der Waals surface area contributed by atoms with Crippen LogP contribution in [0, 0.1) is 0 Å². The van der Waals surface area contributed by atoms with Crippen LogP contribution in [0.4, 0.5) is 0 Å². The maximum Gasteiger partial charge on any atom is 0.226 e. The number of nitrogens with two attached hydrogens (primary N) is 1. The molecule has 0 spiro atoms. The summed E-state index contributed by atoms with van der Waals surface area (Å²) in [5.41, 5.74) is 6.66. The molecule has 0 saturated carbocycles. The first-order chi connectivity index (χ1) is 9.00. The molecule has 4 nitrogen and oxygen atoms in total. The van der Waals surface area contributed by atoms with Gasteiger partial charge in [-0.2, -0.15) is 4.98 Å². The highest BCUT2D eigenvalue weighted by Gasteiger charge is 2.28. The summed E-state index contributed by atoms with van der Waals surface area (Å²) >= 11 is 0. The van der Waals surface area contributed by atoms with Gasteiger partial charge in [-0.25, -0.2) is 0 Å². The van der Waals surface area contributed by atoms with Crippen LogP contribution in [-0.2, 0) is 11.8 Å². The van der Waals surface area contributed by atoms with Crippen molar-refractivity contribution in [3.05, 3.63) is 47.6 Å². The predicted octanol–water partition coefficient (Wildman–Crippen LogP) is 2.68.